The van der Waals surface area contributed by atoms with Gasteiger partial charge in [-0.1, -0.05) is 12.1 Å². The summed E-state index contributed by atoms with van der Waals surface area (Å²) in [6.07, 6.45) is 0. The van der Waals surface area contributed by atoms with E-state index in [2.05, 4.69) is 5.32 Å². The Kier molecular flexibility index (Phi) is 7.11. The van der Waals surface area contributed by atoms with Gasteiger partial charge >= 0.3 is 11.9 Å². The molecule has 0 aliphatic carbocycles. The summed E-state index contributed by atoms with van der Waals surface area (Å²) in [6.45, 7) is 5.94. The van der Waals surface area contributed by atoms with Crippen LogP contribution in [0.15, 0.2) is 18.2 Å². The Morgan fingerprint density at radius 2 is 1.79 bits per heavy atom. The zero-order chi connectivity index (χ0) is 21.7. The first kappa shape index (κ1) is 22.1. The van der Waals surface area contributed by atoms with Crippen molar-refractivity contribution in [2.24, 2.45) is 0 Å². The van der Waals surface area contributed by atoms with Crippen molar-refractivity contribution < 1.29 is 28.7 Å². The molecule has 0 fully saturated rings. The van der Waals surface area contributed by atoms with E-state index in [4.69, 9.17) is 15.2 Å². The van der Waals surface area contributed by atoms with E-state index in [1.54, 1.807) is 32.9 Å². The third-order valence-electron chi connectivity index (χ3n) is 4.08. The monoisotopic (exact) mass is 418 g/mol. The Balaban J connectivity index is 2.15. The maximum atomic E-state index is 12.3. The number of nitrogens with two attached hydrogens (primary N) is 1. The fourth-order valence-electron chi connectivity index (χ4n) is 2.62. The molecule has 0 spiro atoms. The number of carbonyl (C=O) groups is 4. The predicted octanol–water partition coefficient (Wildman–Crippen LogP) is 3.12. The molecule has 0 atom stereocenters. The molecule has 0 aliphatic heterocycles. The zero-order valence-electron chi connectivity index (χ0n) is 16.6. The van der Waals surface area contributed by atoms with Crippen LogP contribution in [0.2, 0.25) is 0 Å². The number of carbonyl (C=O) groups excluding carboxylic acids is 4. The maximum Gasteiger partial charge on any atom is 0.341 e. The van der Waals surface area contributed by atoms with Crippen molar-refractivity contribution in [2.75, 3.05) is 24.3 Å². The fourth-order valence-corrected chi connectivity index (χ4v) is 3.72. The summed E-state index contributed by atoms with van der Waals surface area (Å²) >= 11 is 0.969. The number of esters is 2. The summed E-state index contributed by atoms with van der Waals surface area (Å²) in [4.78, 5) is 48.8. The van der Waals surface area contributed by atoms with Crippen LogP contribution in [0.4, 0.5) is 10.7 Å². The van der Waals surface area contributed by atoms with Gasteiger partial charge in [0.1, 0.15) is 5.00 Å². The molecule has 0 radical (unpaired) electrons. The smallest absolute Gasteiger partial charge is 0.341 e. The van der Waals surface area contributed by atoms with Crippen LogP contribution in [-0.4, -0.2) is 36.8 Å². The van der Waals surface area contributed by atoms with Gasteiger partial charge in [0.25, 0.3) is 5.91 Å². The standard InChI is InChI=1S/C20H22N2O6S/c1-5-27-20(26)15-11(3)17(12(4)23)29-18(15)22-14(24)9-28-19(25)13-8-6-7-10(2)16(13)21/h6-8H,5,9,21H2,1-4H3,(H,22,24). The Bertz CT molecular complexity index is 980. The number of nitrogens with one attached hydrogen (secondary N) is 1. The summed E-state index contributed by atoms with van der Waals surface area (Å²) in [5, 5.41) is 2.69. The van der Waals surface area contributed by atoms with Gasteiger partial charge in [0, 0.05) is 5.69 Å². The lowest BCUT2D eigenvalue weighted by molar-refractivity contribution is -0.119. The van der Waals surface area contributed by atoms with E-state index in [9.17, 15) is 19.2 Å². The summed E-state index contributed by atoms with van der Waals surface area (Å²) in [7, 11) is 0. The van der Waals surface area contributed by atoms with Gasteiger partial charge in [-0.05, 0) is 44.9 Å². The molecule has 8 nitrogen and oxygen atoms in total. The quantitative estimate of drug-likeness (QED) is 0.402. The van der Waals surface area contributed by atoms with Crippen molar-refractivity contribution in [1.29, 1.82) is 0 Å². The van der Waals surface area contributed by atoms with Gasteiger partial charge < -0.3 is 20.5 Å². The second-order valence-electron chi connectivity index (χ2n) is 6.20. The highest BCUT2D eigenvalue weighted by molar-refractivity contribution is 7.18. The molecule has 2 rings (SSSR count). The lowest BCUT2D eigenvalue weighted by Gasteiger charge is -2.09. The van der Waals surface area contributed by atoms with Gasteiger partial charge in [-0.2, -0.15) is 0 Å². The molecule has 1 amide bonds. The van der Waals surface area contributed by atoms with Crippen LogP contribution in [0.3, 0.4) is 0 Å². The van der Waals surface area contributed by atoms with E-state index in [1.807, 2.05) is 0 Å². The number of Topliss-reactive ketones (excluding diaryl/α,β-unsaturated/α-hetero) is 1. The number of ether oxygens (including phenoxy) is 2. The summed E-state index contributed by atoms with van der Waals surface area (Å²) in [6, 6.07) is 4.91. The van der Waals surface area contributed by atoms with Gasteiger partial charge in [0.15, 0.2) is 12.4 Å². The second-order valence-corrected chi connectivity index (χ2v) is 7.22. The molecule has 0 saturated heterocycles. The third-order valence-corrected chi connectivity index (χ3v) is 5.39. The number of ketones is 1. The lowest BCUT2D eigenvalue weighted by Crippen LogP contribution is -2.22. The van der Waals surface area contributed by atoms with E-state index in [-0.39, 0.29) is 34.2 Å². The number of amides is 1. The van der Waals surface area contributed by atoms with E-state index >= 15 is 0 Å². The minimum absolute atomic E-state index is 0.115. The van der Waals surface area contributed by atoms with Gasteiger partial charge in [0.2, 0.25) is 0 Å². The zero-order valence-corrected chi connectivity index (χ0v) is 17.4. The summed E-state index contributed by atoms with van der Waals surface area (Å²) in [5.74, 6) is -2.28. The van der Waals surface area contributed by atoms with Crippen molar-refractivity contribution >= 4 is 45.7 Å². The van der Waals surface area contributed by atoms with E-state index in [0.717, 1.165) is 11.3 Å². The van der Waals surface area contributed by atoms with Crippen LogP contribution in [0.1, 0.15) is 55.4 Å². The second kappa shape index (κ2) is 9.33. The SMILES string of the molecule is CCOC(=O)c1c(NC(=O)COC(=O)c2cccc(C)c2N)sc(C(C)=O)c1C. The molecular weight excluding hydrogens is 396 g/mol. The highest BCUT2D eigenvalue weighted by Crippen LogP contribution is 2.34. The normalized spacial score (nSPS) is 10.3. The van der Waals surface area contributed by atoms with Crippen LogP contribution < -0.4 is 11.1 Å². The molecule has 2 aromatic rings. The third kappa shape index (κ3) is 5.00. The van der Waals surface area contributed by atoms with Crippen molar-refractivity contribution in [3.63, 3.8) is 0 Å². The average molecular weight is 418 g/mol. The molecule has 9 heteroatoms. The van der Waals surface area contributed by atoms with Crippen molar-refractivity contribution in [2.45, 2.75) is 27.7 Å². The molecule has 1 aromatic carbocycles. The minimum Gasteiger partial charge on any atom is -0.462 e. The van der Waals surface area contributed by atoms with Crippen LogP contribution in [0.5, 0.6) is 0 Å². The van der Waals surface area contributed by atoms with E-state index in [1.165, 1.54) is 13.0 Å². The predicted molar refractivity (Wildman–Crippen MR) is 110 cm³/mol. The number of rotatable bonds is 7. The number of para-hydroxylation sites is 1. The molecule has 1 heterocycles. The number of aryl methyl sites for hydroxylation is 1. The molecule has 0 unspecified atom stereocenters. The first-order chi connectivity index (χ1) is 13.7. The number of nitrogen functional groups attached to an aromatic ring is 1. The van der Waals surface area contributed by atoms with E-state index in [0.29, 0.717) is 16.0 Å². The highest BCUT2D eigenvalue weighted by Gasteiger charge is 2.25. The van der Waals surface area contributed by atoms with Crippen LogP contribution in [0.25, 0.3) is 0 Å². The van der Waals surface area contributed by atoms with Crippen molar-refractivity contribution in [1.82, 2.24) is 0 Å². The Morgan fingerprint density at radius 1 is 1.10 bits per heavy atom. The molecule has 1 aromatic heterocycles. The Hall–Kier alpha value is -3.20. The van der Waals surface area contributed by atoms with Crippen LogP contribution in [0, 0.1) is 13.8 Å². The Labute approximate surface area is 172 Å². The van der Waals surface area contributed by atoms with Crippen LogP contribution in [-0.2, 0) is 14.3 Å². The van der Waals surface area contributed by atoms with Crippen molar-refractivity contribution in [3.05, 3.63) is 45.3 Å². The lowest BCUT2D eigenvalue weighted by atomic mass is 10.1. The van der Waals surface area contributed by atoms with Gasteiger partial charge in [-0.15, -0.1) is 11.3 Å². The number of hydrogen-bond acceptors (Lipinski definition) is 8. The summed E-state index contributed by atoms with van der Waals surface area (Å²) in [5.41, 5.74) is 7.57. The molecule has 29 heavy (non-hydrogen) atoms. The number of hydrogen-bond donors (Lipinski definition) is 2. The molecule has 154 valence electrons. The molecular formula is C20H22N2O6S. The number of anilines is 2. The molecule has 0 aliphatic rings. The Morgan fingerprint density at radius 3 is 2.41 bits per heavy atom. The van der Waals surface area contributed by atoms with Gasteiger partial charge in [-0.25, -0.2) is 9.59 Å². The fraction of sp³-hybridized carbons (Fsp3) is 0.300. The number of thiophene rings is 1. The highest BCUT2D eigenvalue weighted by atomic mass is 32.1. The molecule has 3 N–H and O–H groups in total. The molecule has 0 saturated carbocycles. The molecule has 0 bridgehead atoms. The van der Waals surface area contributed by atoms with Gasteiger partial charge in [0.05, 0.1) is 22.6 Å². The largest absolute Gasteiger partial charge is 0.462 e. The van der Waals surface area contributed by atoms with Crippen molar-refractivity contribution in [3.8, 4) is 0 Å². The first-order valence-corrected chi connectivity index (χ1v) is 9.62. The maximum absolute atomic E-state index is 12.3. The topological polar surface area (TPSA) is 125 Å². The van der Waals surface area contributed by atoms with Crippen LogP contribution >= 0.6 is 11.3 Å². The number of benzene rings is 1. The van der Waals surface area contributed by atoms with Gasteiger partial charge in [-0.3, -0.25) is 9.59 Å². The summed E-state index contributed by atoms with van der Waals surface area (Å²) < 4.78 is 10.0. The minimum atomic E-state index is -0.737. The first-order valence-electron chi connectivity index (χ1n) is 8.80. The average Bonchev–Trinajstić information content (AvgIpc) is 2.98. The van der Waals surface area contributed by atoms with E-state index < -0.39 is 24.5 Å².